The van der Waals surface area contributed by atoms with E-state index in [9.17, 15) is 0 Å². The minimum atomic E-state index is 0.369. The topological polar surface area (TPSA) is 9.23 Å². The van der Waals surface area contributed by atoms with Gasteiger partial charge in [-0.05, 0) is 19.1 Å². The van der Waals surface area contributed by atoms with Crippen molar-refractivity contribution in [1.82, 2.24) is 0 Å². The van der Waals surface area contributed by atoms with Gasteiger partial charge in [-0.25, -0.2) is 0 Å². The monoisotopic (exact) mass is 216 g/mol. The summed E-state index contributed by atoms with van der Waals surface area (Å²) in [5, 5.41) is 1.24. The molecule has 0 unspecified atom stereocenters. The fourth-order valence-electron chi connectivity index (χ4n) is 0.866. The summed E-state index contributed by atoms with van der Waals surface area (Å²) in [6, 6.07) is 5.37. The zero-order valence-electron chi connectivity index (χ0n) is 7.31. The Bertz CT molecular complexity index is 300. The highest BCUT2D eigenvalue weighted by atomic mass is 35.5. The molecule has 1 aromatic carbocycles. The van der Waals surface area contributed by atoms with Crippen molar-refractivity contribution in [1.29, 1.82) is 0 Å². The molecule has 0 radical (unpaired) electrons. The molecule has 1 aromatic rings. The highest BCUT2D eigenvalue weighted by molar-refractivity contribution is 6.35. The van der Waals surface area contributed by atoms with Crippen molar-refractivity contribution in [3.63, 3.8) is 0 Å². The zero-order valence-corrected chi connectivity index (χ0v) is 8.82. The van der Waals surface area contributed by atoms with Crippen LogP contribution < -0.4 is 0 Å². The van der Waals surface area contributed by atoms with E-state index in [2.05, 4.69) is 6.58 Å². The van der Waals surface area contributed by atoms with Crippen LogP contribution in [0, 0.1) is 0 Å². The van der Waals surface area contributed by atoms with Crippen molar-refractivity contribution in [2.24, 2.45) is 0 Å². The van der Waals surface area contributed by atoms with Crippen LogP contribution in [0.5, 0.6) is 0 Å². The molecule has 0 aliphatic carbocycles. The summed E-state index contributed by atoms with van der Waals surface area (Å²) in [6.45, 7) is 5.77. The highest BCUT2D eigenvalue weighted by Gasteiger charge is 2.04. The predicted octanol–water partition coefficient (Wildman–Crippen LogP) is 4.04. The molecule has 3 heteroatoms. The van der Waals surface area contributed by atoms with Gasteiger partial charge in [-0.2, -0.15) is 0 Å². The molecule has 0 N–H and O–H groups in total. The van der Waals surface area contributed by atoms with Gasteiger partial charge in [-0.15, -0.1) is 0 Å². The molecule has 70 valence electrons. The van der Waals surface area contributed by atoms with Gasteiger partial charge >= 0.3 is 0 Å². The van der Waals surface area contributed by atoms with Crippen LogP contribution in [0.3, 0.4) is 0 Å². The molecule has 0 saturated heterocycles. The molecule has 0 aromatic heterocycles. The van der Waals surface area contributed by atoms with Crippen LogP contribution in [-0.4, -0.2) is 0 Å². The van der Waals surface area contributed by atoms with Crippen LogP contribution in [0.2, 0.25) is 10.0 Å². The van der Waals surface area contributed by atoms with Crippen molar-refractivity contribution in [3.8, 4) is 0 Å². The van der Waals surface area contributed by atoms with Crippen LogP contribution in [-0.2, 0) is 11.3 Å². The van der Waals surface area contributed by atoms with Gasteiger partial charge < -0.3 is 4.74 Å². The Morgan fingerprint density at radius 1 is 1.38 bits per heavy atom. The fraction of sp³-hybridized carbons (Fsp3) is 0.200. The van der Waals surface area contributed by atoms with Crippen LogP contribution in [0.1, 0.15) is 12.5 Å². The van der Waals surface area contributed by atoms with Gasteiger partial charge in [0, 0.05) is 15.6 Å². The Balaban J connectivity index is 2.81. The van der Waals surface area contributed by atoms with Gasteiger partial charge in [-0.1, -0.05) is 35.8 Å². The molecule has 0 heterocycles. The quantitative estimate of drug-likeness (QED) is 0.694. The smallest absolute Gasteiger partial charge is 0.116 e. The normalized spacial score (nSPS) is 9.77. The largest absolute Gasteiger partial charge is 0.494 e. The standard InChI is InChI=1S/C10H10Cl2O/c1-7(2)13-6-8-9(11)4-3-5-10(8)12/h3-5H,1,6H2,2H3. The van der Waals surface area contributed by atoms with E-state index in [1.807, 2.05) is 0 Å². The summed E-state index contributed by atoms with van der Waals surface area (Å²) >= 11 is 11.8. The molecule has 0 fully saturated rings. The second-order valence-corrected chi connectivity index (χ2v) is 3.51. The van der Waals surface area contributed by atoms with E-state index in [1.54, 1.807) is 25.1 Å². The first-order valence-corrected chi connectivity index (χ1v) is 4.58. The Labute approximate surface area is 87.9 Å². The van der Waals surface area contributed by atoms with Crippen LogP contribution in [0.15, 0.2) is 30.5 Å². The lowest BCUT2D eigenvalue weighted by molar-refractivity contribution is 0.202. The Morgan fingerprint density at radius 3 is 2.38 bits per heavy atom. The maximum atomic E-state index is 5.92. The Kier molecular flexibility index (Phi) is 3.64. The molecule has 0 aliphatic rings. The maximum absolute atomic E-state index is 5.92. The minimum Gasteiger partial charge on any atom is -0.494 e. The van der Waals surface area contributed by atoms with E-state index in [-0.39, 0.29) is 0 Å². The molecule has 0 atom stereocenters. The van der Waals surface area contributed by atoms with E-state index in [0.717, 1.165) is 5.56 Å². The van der Waals surface area contributed by atoms with Crippen LogP contribution in [0.4, 0.5) is 0 Å². The van der Waals surface area contributed by atoms with Crippen LogP contribution >= 0.6 is 23.2 Å². The molecule has 0 spiro atoms. The maximum Gasteiger partial charge on any atom is 0.116 e. The number of halogens is 2. The van der Waals surface area contributed by atoms with Crippen molar-refractivity contribution >= 4 is 23.2 Å². The molecule has 1 rings (SSSR count). The molecule has 13 heavy (non-hydrogen) atoms. The third kappa shape index (κ3) is 2.94. The number of ether oxygens (including phenoxy) is 1. The number of allylic oxidation sites excluding steroid dienone is 1. The summed E-state index contributed by atoms with van der Waals surface area (Å²) in [5.41, 5.74) is 0.800. The van der Waals surface area contributed by atoms with Gasteiger partial charge in [0.2, 0.25) is 0 Å². The van der Waals surface area contributed by atoms with Gasteiger partial charge in [0.05, 0.1) is 5.76 Å². The number of hydrogen-bond acceptors (Lipinski definition) is 1. The predicted molar refractivity (Wildman–Crippen MR) is 56.1 cm³/mol. The highest BCUT2D eigenvalue weighted by Crippen LogP contribution is 2.25. The molecule has 0 bridgehead atoms. The average Bonchev–Trinajstić information content (AvgIpc) is 2.03. The third-order valence-electron chi connectivity index (χ3n) is 1.52. The number of rotatable bonds is 3. The van der Waals surface area contributed by atoms with Gasteiger partial charge in [0.15, 0.2) is 0 Å². The van der Waals surface area contributed by atoms with E-state index < -0.39 is 0 Å². The number of hydrogen-bond donors (Lipinski definition) is 0. The summed E-state index contributed by atoms with van der Waals surface area (Å²) < 4.78 is 5.23. The van der Waals surface area contributed by atoms with E-state index >= 15 is 0 Å². The lowest BCUT2D eigenvalue weighted by atomic mass is 10.2. The first-order valence-electron chi connectivity index (χ1n) is 3.82. The van der Waals surface area contributed by atoms with E-state index in [0.29, 0.717) is 22.4 Å². The number of benzene rings is 1. The Hall–Kier alpha value is -0.660. The summed E-state index contributed by atoms with van der Waals surface area (Å²) in [5.74, 6) is 0.649. The fourth-order valence-corrected chi connectivity index (χ4v) is 1.37. The van der Waals surface area contributed by atoms with Crippen molar-refractivity contribution < 1.29 is 4.74 Å². The first kappa shape index (κ1) is 10.4. The lowest BCUT2D eigenvalue weighted by Crippen LogP contribution is -1.92. The van der Waals surface area contributed by atoms with Crippen molar-refractivity contribution in [3.05, 3.63) is 46.1 Å². The van der Waals surface area contributed by atoms with Crippen LogP contribution in [0.25, 0.3) is 0 Å². The SMILES string of the molecule is C=C(C)OCc1c(Cl)cccc1Cl. The summed E-state index contributed by atoms with van der Waals surface area (Å²) in [4.78, 5) is 0. The third-order valence-corrected chi connectivity index (χ3v) is 2.23. The Morgan fingerprint density at radius 2 is 1.92 bits per heavy atom. The average molecular weight is 217 g/mol. The molecule has 0 amide bonds. The second-order valence-electron chi connectivity index (χ2n) is 2.69. The summed E-state index contributed by atoms with van der Waals surface area (Å²) in [7, 11) is 0. The summed E-state index contributed by atoms with van der Waals surface area (Å²) in [6.07, 6.45) is 0. The molecule has 1 nitrogen and oxygen atoms in total. The molecular weight excluding hydrogens is 207 g/mol. The first-order chi connectivity index (χ1) is 6.11. The second kappa shape index (κ2) is 4.54. The zero-order chi connectivity index (χ0) is 9.84. The lowest BCUT2D eigenvalue weighted by Gasteiger charge is -2.08. The van der Waals surface area contributed by atoms with Crippen molar-refractivity contribution in [2.75, 3.05) is 0 Å². The van der Waals surface area contributed by atoms with E-state index in [1.165, 1.54) is 0 Å². The molecular formula is C10H10Cl2O. The molecule has 0 saturated carbocycles. The molecule has 0 aliphatic heterocycles. The van der Waals surface area contributed by atoms with E-state index in [4.69, 9.17) is 27.9 Å². The van der Waals surface area contributed by atoms with Gasteiger partial charge in [0.25, 0.3) is 0 Å². The minimum absolute atomic E-state index is 0.369. The van der Waals surface area contributed by atoms with Gasteiger partial charge in [-0.3, -0.25) is 0 Å². The van der Waals surface area contributed by atoms with Crippen molar-refractivity contribution in [2.45, 2.75) is 13.5 Å². The van der Waals surface area contributed by atoms with Gasteiger partial charge in [0.1, 0.15) is 6.61 Å².